The lowest BCUT2D eigenvalue weighted by Crippen LogP contribution is -2.00. The van der Waals surface area contributed by atoms with Gasteiger partial charge in [0, 0.05) is 16.8 Å². The fourth-order valence-corrected chi connectivity index (χ4v) is 3.04. The second-order valence-corrected chi connectivity index (χ2v) is 5.24. The van der Waals surface area contributed by atoms with Gasteiger partial charge in [-0.05, 0) is 30.9 Å². The molecule has 86 valence electrons. The minimum absolute atomic E-state index is 0.116. The van der Waals surface area contributed by atoms with Crippen LogP contribution in [0.5, 0.6) is 0 Å². The lowest BCUT2D eigenvalue weighted by atomic mass is 10.1. The topological polar surface area (TPSA) is 50.2 Å². The number of aromatic carboxylic acids is 1. The summed E-state index contributed by atoms with van der Waals surface area (Å²) in [5, 5.41) is 8.71. The van der Waals surface area contributed by atoms with Crippen LogP contribution in [0.4, 0.5) is 0 Å². The molecule has 0 atom stereocenters. The van der Waals surface area contributed by atoms with Gasteiger partial charge in [-0.15, -0.1) is 11.8 Å². The predicted octanol–water partition coefficient (Wildman–Crippen LogP) is 3.06. The molecule has 0 aliphatic heterocycles. The van der Waals surface area contributed by atoms with Crippen LogP contribution in [0.15, 0.2) is 23.2 Å². The van der Waals surface area contributed by atoms with E-state index in [4.69, 9.17) is 5.11 Å². The van der Waals surface area contributed by atoms with Crippen molar-refractivity contribution in [2.75, 3.05) is 5.75 Å². The predicted molar refractivity (Wildman–Crippen MR) is 63.9 cm³/mol. The lowest BCUT2D eigenvalue weighted by Gasteiger charge is -2.07. The van der Waals surface area contributed by atoms with E-state index >= 15 is 0 Å². The molecule has 0 unspecified atom stereocenters. The molecule has 0 spiro atoms. The number of nitrogens with zero attached hydrogens (tertiary/aromatic N) is 1. The Hall–Kier alpha value is -1.03. The van der Waals surface area contributed by atoms with E-state index in [1.54, 1.807) is 24.0 Å². The summed E-state index contributed by atoms with van der Waals surface area (Å²) in [7, 11) is 0. The van der Waals surface area contributed by atoms with Crippen molar-refractivity contribution in [1.82, 2.24) is 4.98 Å². The first-order chi connectivity index (χ1) is 7.75. The minimum atomic E-state index is -0.965. The highest BCUT2D eigenvalue weighted by molar-refractivity contribution is 7.99. The van der Waals surface area contributed by atoms with Crippen LogP contribution in [-0.2, 0) is 0 Å². The van der Waals surface area contributed by atoms with Gasteiger partial charge in [0.1, 0.15) is 5.69 Å². The Bertz CT molecular complexity index is 358. The zero-order valence-corrected chi connectivity index (χ0v) is 9.87. The smallest absolute Gasteiger partial charge is 0.354 e. The molecule has 1 heterocycles. The number of pyridine rings is 1. The second kappa shape index (κ2) is 5.34. The van der Waals surface area contributed by atoms with Crippen molar-refractivity contribution in [2.24, 2.45) is 5.92 Å². The summed E-state index contributed by atoms with van der Waals surface area (Å²) in [4.78, 5) is 15.6. The van der Waals surface area contributed by atoms with Crippen LogP contribution in [0.3, 0.4) is 0 Å². The van der Waals surface area contributed by atoms with Crippen molar-refractivity contribution in [1.29, 1.82) is 0 Å². The minimum Gasteiger partial charge on any atom is -0.477 e. The second-order valence-electron chi connectivity index (χ2n) is 4.15. The summed E-state index contributed by atoms with van der Waals surface area (Å²) in [5.41, 5.74) is 0.116. The van der Waals surface area contributed by atoms with Crippen molar-refractivity contribution in [3.63, 3.8) is 0 Å². The standard InChI is InChI=1S/C12H15NO2S/c14-12(15)11-6-5-10(7-13-11)16-8-9-3-1-2-4-9/h5-7,9H,1-4,8H2,(H,14,15). The molecule has 1 aliphatic rings. The number of hydrogen-bond acceptors (Lipinski definition) is 3. The van der Waals surface area contributed by atoms with Crippen LogP contribution >= 0.6 is 11.8 Å². The van der Waals surface area contributed by atoms with E-state index < -0.39 is 5.97 Å². The normalized spacial score (nSPS) is 16.5. The maximum Gasteiger partial charge on any atom is 0.354 e. The zero-order valence-electron chi connectivity index (χ0n) is 9.06. The number of aromatic nitrogens is 1. The molecule has 0 radical (unpaired) electrons. The number of thioether (sulfide) groups is 1. The molecule has 0 saturated heterocycles. The third kappa shape index (κ3) is 2.98. The molecule has 2 rings (SSSR count). The van der Waals surface area contributed by atoms with E-state index in [0.717, 1.165) is 16.6 Å². The van der Waals surface area contributed by atoms with Crippen molar-refractivity contribution >= 4 is 17.7 Å². The van der Waals surface area contributed by atoms with Crippen molar-refractivity contribution in [3.8, 4) is 0 Å². The van der Waals surface area contributed by atoms with Crippen LogP contribution in [-0.4, -0.2) is 21.8 Å². The van der Waals surface area contributed by atoms with Crippen molar-refractivity contribution in [2.45, 2.75) is 30.6 Å². The molecule has 3 nitrogen and oxygen atoms in total. The van der Waals surface area contributed by atoms with Crippen LogP contribution in [0.1, 0.15) is 36.2 Å². The molecule has 1 fully saturated rings. The maximum atomic E-state index is 10.6. The third-order valence-electron chi connectivity index (χ3n) is 2.92. The third-order valence-corrected chi connectivity index (χ3v) is 4.13. The molecule has 0 amide bonds. The summed E-state index contributed by atoms with van der Waals surface area (Å²) in [6.07, 6.45) is 7.06. The molecule has 0 aromatic carbocycles. The Balaban J connectivity index is 1.87. The van der Waals surface area contributed by atoms with E-state index in [1.165, 1.54) is 25.7 Å². The highest BCUT2D eigenvalue weighted by Gasteiger charge is 2.15. The molecule has 0 bridgehead atoms. The molecular weight excluding hydrogens is 222 g/mol. The van der Waals surface area contributed by atoms with E-state index in [-0.39, 0.29) is 5.69 Å². The van der Waals surface area contributed by atoms with Gasteiger partial charge in [-0.25, -0.2) is 9.78 Å². The average molecular weight is 237 g/mol. The number of carboxylic acid groups (broad SMARTS) is 1. The highest BCUT2D eigenvalue weighted by atomic mass is 32.2. The van der Waals surface area contributed by atoms with Crippen LogP contribution in [0, 0.1) is 5.92 Å². The Morgan fingerprint density at radius 3 is 2.75 bits per heavy atom. The first-order valence-electron chi connectivity index (χ1n) is 5.58. The van der Waals surface area contributed by atoms with Crippen molar-refractivity contribution < 1.29 is 9.90 Å². The van der Waals surface area contributed by atoms with E-state index in [1.807, 2.05) is 6.07 Å². The SMILES string of the molecule is O=C(O)c1ccc(SCC2CCCC2)cn1. The number of hydrogen-bond donors (Lipinski definition) is 1. The fraction of sp³-hybridized carbons (Fsp3) is 0.500. The van der Waals surface area contributed by atoms with Gasteiger partial charge in [-0.2, -0.15) is 0 Å². The van der Waals surface area contributed by atoms with Gasteiger partial charge >= 0.3 is 5.97 Å². The Morgan fingerprint density at radius 1 is 1.44 bits per heavy atom. The van der Waals surface area contributed by atoms with Gasteiger partial charge in [0.15, 0.2) is 0 Å². The van der Waals surface area contributed by atoms with Gasteiger partial charge in [-0.1, -0.05) is 12.8 Å². The van der Waals surface area contributed by atoms with Gasteiger partial charge in [0.2, 0.25) is 0 Å². The average Bonchev–Trinajstić information content (AvgIpc) is 2.80. The van der Waals surface area contributed by atoms with Gasteiger partial charge in [0.05, 0.1) is 0 Å². The quantitative estimate of drug-likeness (QED) is 0.818. The molecule has 4 heteroatoms. The molecule has 1 aromatic rings. The van der Waals surface area contributed by atoms with Gasteiger partial charge in [0.25, 0.3) is 0 Å². The molecular formula is C12H15NO2S. The first-order valence-corrected chi connectivity index (χ1v) is 6.56. The van der Waals surface area contributed by atoms with Crippen LogP contribution < -0.4 is 0 Å². The van der Waals surface area contributed by atoms with Crippen LogP contribution in [0.2, 0.25) is 0 Å². The summed E-state index contributed by atoms with van der Waals surface area (Å²) >= 11 is 1.78. The van der Waals surface area contributed by atoms with Gasteiger partial charge in [-0.3, -0.25) is 0 Å². The molecule has 1 saturated carbocycles. The molecule has 1 aromatic heterocycles. The number of carboxylic acids is 1. The Kier molecular flexibility index (Phi) is 3.83. The largest absolute Gasteiger partial charge is 0.477 e. The number of rotatable bonds is 4. The molecule has 1 aliphatic carbocycles. The first kappa shape index (κ1) is 11.5. The van der Waals surface area contributed by atoms with Crippen LogP contribution in [0.25, 0.3) is 0 Å². The van der Waals surface area contributed by atoms with E-state index in [2.05, 4.69) is 4.98 Å². The van der Waals surface area contributed by atoms with Crippen molar-refractivity contribution in [3.05, 3.63) is 24.0 Å². The summed E-state index contributed by atoms with van der Waals surface area (Å²) in [5.74, 6) is 1.00. The van der Waals surface area contributed by atoms with E-state index in [0.29, 0.717) is 0 Å². The lowest BCUT2D eigenvalue weighted by molar-refractivity contribution is 0.0690. The molecule has 1 N–H and O–H groups in total. The van der Waals surface area contributed by atoms with E-state index in [9.17, 15) is 4.79 Å². The number of carbonyl (C=O) groups is 1. The Labute approximate surface area is 99.3 Å². The fourth-order valence-electron chi connectivity index (χ4n) is 1.98. The summed E-state index contributed by atoms with van der Waals surface area (Å²) in [6, 6.07) is 3.41. The maximum absolute atomic E-state index is 10.6. The Morgan fingerprint density at radius 2 is 2.19 bits per heavy atom. The highest BCUT2D eigenvalue weighted by Crippen LogP contribution is 2.30. The monoisotopic (exact) mass is 237 g/mol. The van der Waals surface area contributed by atoms with Gasteiger partial charge < -0.3 is 5.11 Å². The summed E-state index contributed by atoms with van der Waals surface area (Å²) < 4.78 is 0. The molecule has 16 heavy (non-hydrogen) atoms. The zero-order chi connectivity index (χ0) is 11.4. The summed E-state index contributed by atoms with van der Waals surface area (Å²) in [6.45, 7) is 0.